The quantitative estimate of drug-likeness (QED) is 0.419. The molecule has 9 heteroatoms. The van der Waals surface area contributed by atoms with E-state index in [1.165, 1.54) is 30.3 Å². The summed E-state index contributed by atoms with van der Waals surface area (Å²) in [5, 5.41) is 4.75. The summed E-state index contributed by atoms with van der Waals surface area (Å²) in [5.74, 6) is -1.56. The molecule has 1 aliphatic heterocycles. The van der Waals surface area contributed by atoms with Crippen LogP contribution in [-0.4, -0.2) is 42.4 Å². The molecule has 1 saturated heterocycles. The number of urea groups is 1. The van der Waals surface area contributed by atoms with Gasteiger partial charge in [0, 0.05) is 9.27 Å². The molecule has 3 aromatic rings. The third-order valence-corrected chi connectivity index (χ3v) is 5.17. The van der Waals surface area contributed by atoms with Crippen LogP contribution in [0, 0.1) is 18.6 Å². The van der Waals surface area contributed by atoms with E-state index in [-0.39, 0.29) is 21.5 Å². The number of methoxy groups -OCH3 is 1. The highest BCUT2D eigenvalue weighted by Crippen LogP contribution is 2.19. The number of anilines is 1. The van der Waals surface area contributed by atoms with Gasteiger partial charge in [-0.15, -0.1) is 0 Å². The van der Waals surface area contributed by atoms with Crippen molar-refractivity contribution in [3.8, 4) is 5.75 Å². The molecule has 1 heterocycles. The van der Waals surface area contributed by atoms with Crippen molar-refractivity contribution in [2.45, 2.75) is 33.2 Å². The molecule has 3 aromatic carbocycles. The third kappa shape index (κ3) is 8.42. The maximum Gasteiger partial charge on any atom is 0.325 e. The zero-order valence-corrected chi connectivity index (χ0v) is 21.3. The van der Waals surface area contributed by atoms with Gasteiger partial charge in [0.1, 0.15) is 23.4 Å². The highest BCUT2D eigenvalue weighted by molar-refractivity contribution is 6.07. The lowest BCUT2D eigenvalue weighted by Crippen LogP contribution is -2.49. The van der Waals surface area contributed by atoms with Crippen molar-refractivity contribution >= 4 is 23.5 Å². The molecule has 37 heavy (non-hydrogen) atoms. The summed E-state index contributed by atoms with van der Waals surface area (Å²) in [5.41, 5.74) is 1.03. The second-order valence-corrected chi connectivity index (χ2v) is 7.76. The molecular weight excluding hydrogens is 480 g/mol. The van der Waals surface area contributed by atoms with Gasteiger partial charge in [0.05, 0.1) is 19.3 Å². The summed E-state index contributed by atoms with van der Waals surface area (Å²) in [6.45, 7) is 5.47. The predicted molar refractivity (Wildman–Crippen MR) is 142 cm³/mol. The molecule has 0 spiro atoms. The van der Waals surface area contributed by atoms with E-state index < -0.39 is 35.5 Å². The summed E-state index contributed by atoms with van der Waals surface area (Å²) in [7, 11) is 1.66. The first-order chi connectivity index (χ1) is 17.8. The molecule has 0 aliphatic carbocycles. The highest BCUT2D eigenvalue weighted by Gasteiger charge is 2.39. The molecule has 0 saturated carbocycles. The second-order valence-electron chi connectivity index (χ2n) is 7.76. The minimum atomic E-state index is -1.25. The molecule has 1 atom stereocenters. The number of para-hydroxylation sites is 1. The Bertz CT molecular complexity index is 1200. The van der Waals surface area contributed by atoms with E-state index in [1.54, 1.807) is 26.2 Å². The van der Waals surface area contributed by atoms with Crippen molar-refractivity contribution in [2.24, 2.45) is 0 Å². The van der Waals surface area contributed by atoms with E-state index in [1.807, 2.05) is 44.2 Å². The van der Waals surface area contributed by atoms with E-state index in [0.717, 1.165) is 10.6 Å². The Morgan fingerprint density at radius 1 is 1.05 bits per heavy atom. The van der Waals surface area contributed by atoms with Crippen LogP contribution >= 0.6 is 0 Å². The third-order valence-electron chi connectivity index (χ3n) is 5.17. The van der Waals surface area contributed by atoms with E-state index in [4.69, 9.17) is 4.74 Å². The fraction of sp³-hybridized carbons (Fsp3) is 0.250. The Hall–Kier alpha value is -4.27. The fourth-order valence-corrected chi connectivity index (χ4v) is 3.43. The van der Waals surface area contributed by atoms with E-state index in [9.17, 15) is 23.2 Å². The Kier molecular flexibility index (Phi) is 11.2. The number of ether oxygens (including phenoxy) is 1. The first-order valence-corrected chi connectivity index (χ1v) is 11.8. The highest BCUT2D eigenvalue weighted by atomic mass is 19.1. The van der Waals surface area contributed by atoms with Crippen LogP contribution in [0.3, 0.4) is 0 Å². The van der Waals surface area contributed by atoms with Gasteiger partial charge in [-0.05, 0) is 54.4 Å². The lowest BCUT2D eigenvalue weighted by molar-refractivity contribution is -0.132. The van der Waals surface area contributed by atoms with Crippen LogP contribution < -0.4 is 15.4 Å². The van der Waals surface area contributed by atoms with Gasteiger partial charge >= 0.3 is 6.03 Å². The van der Waals surface area contributed by atoms with Crippen LogP contribution in [0.5, 0.6) is 5.75 Å². The number of amides is 4. The summed E-state index contributed by atoms with van der Waals surface area (Å²) in [6.07, 6.45) is -0.101. The standard InChI is InChI=1S/C19H17F2N3O3.C7H8O.C2H6.2H2/c1-11-5-6-15(14(21)7-11)23-18(26)16(24-17(25)10-22-19(24)27)9-12-3-2-4-13(20)8-12;1-8-7-5-3-2-4-6-7;1-2;;/h2-8,16H,9-10H2,1H3,(H,22,27)(H,23,26);2-6H,1H3;1-2H3;2*1H/t16-;;;;/m0..../s1. The summed E-state index contributed by atoms with van der Waals surface area (Å²) in [4.78, 5) is 37.6. The number of halogens is 2. The number of benzene rings is 3. The van der Waals surface area contributed by atoms with Gasteiger partial charge in [0.2, 0.25) is 5.91 Å². The van der Waals surface area contributed by atoms with Crippen molar-refractivity contribution in [3.63, 3.8) is 0 Å². The first kappa shape index (κ1) is 29.0. The molecule has 4 amide bonds. The van der Waals surface area contributed by atoms with Gasteiger partial charge in [-0.2, -0.15) is 0 Å². The van der Waals surface area contributed by atoms with Gasteiger partial charge in [-0.1, -0.05) is 50.2 Å². The smallest absolute Gasteiger partial charge is 0.325 e. The molecule has 7 nitrogen and oxygen atoms in total. The van der Waals surface area contributed by atoms with Crippen molar-refractivity contribution < 1.29 is 30.8 Å². The molecule has 0 radical (unpaired) electrons. The Morgan fingerprint density at radius 2 is 1.76 bits per heavy atom. The molecular formula is C28H35F2N3O4. The first-order valence-electron chi connectivity index (χ1n) is 11.8. The van der Waals surface area contributed by atoms with Crippen LogP contribution in [-0.2, 0) is 16.0 Å². The van der Waals surface area contributed by atoms with Crippen molar-refractivity contribution in [1.29, 1.82) is 0 Å². The lowest BCUT2D eigenvalue weighted by atomic mass is 10.0. The van der Waals surface area contributed by atoms with Gasteiger partial charge in [0.15, 0.2) is 0 Å². The molecule has 4 rings (SSSR count). The molecule has 1 fully saturated rings. The van der Waals surface area contributed by atoms with Crippen LogP contribution in [0.4, 0.5) is 19.3 Å². The average Bonchev–Trinajstić information content (AvgIpc) is 3.23. The van der Waals surface area contributed by atoms with Crippen LogP contribution in [0.15, 0.2) is 72.8 Å². The average molecular weight is 516 g/mol. The number of nitrogens with one attached hydrogen (secondary N) is 2. The number of carbonyl (C=O) groups excluding carboxylic acids is 3. The molecule has 0 unspecified atom stereocenters. The number of rotatable bonds is 6. The molecule has 2 N–H and O–H groups in total. The van der Waals surface area contributed by atoms with Gasteiger partial charge in [-0.3, -0.25) is 9.59 Å². The van der Waals surface area contributed by atoms with E-state index in [2.05, 4.69) is 10.6 Å². The number of imide groups is 1. The molecule has 0 aromatic heterocycles. The van der Waals surface area contributed by atoms with Crippen molar-refractivity contribution in [1.82, 2.24) is 10.2 Å². The second kappa shape index (κ2) is 14.3. The fourth-order valence-electron chi connectivity index (χ4n) is 3.43. The number of aryl methyl sites for hydroxylation is 1. The molecule has 200 valence electrons. The van der Waals surface area contributed by atoms with Crippen molar-refractivity contribution in [2.75, 3.05) is 19.0 Å². The Morgan fingerprint density at radius 3 is 2.30 bits per heavy atom. The number of nitrogens with zero attached hydrogens (tertiary/aromatic N) is 1. The lowest BCUT2D eigenvalue weighted by Gasteiger charge is -2.24. The maximum atomic E-state index is 14.1. The van der Waals surface area contributed by atoms with Crippen LogP contribution in [0.1, 0.15) is 27.8 Å². The van der Waals surface area contributed by atoms with Gasteiger partial charge < -0.3 is 15.4 Å². The Labute approximate surface area is 218 Å². The van der Waals surface area contributed by atoms with Gasteiger partial charge in [0.25, 0.3) is 5.91 Å². The van der Waals surface area contributed by atoms with E-state index >= 15 is 0 Å². The van der Waals surface area contributed by atoms with Crippen LogP contribution in [0.25, 0.3) is 0 Å². The largest absolute Gasteiger partial charge is 0.497 e. The number of hydrogen-bond donors (Lipinski definition) is 2. The normalized spacial score (nSPS) is 12.9. The zero-order chi connectivity index (χ0) is 27.4. The van der Waals surface area contributed by atoms with Gasteiger partial charge in [-0.25, -0.2) is 18.5 Å². The SMILES string of the molecule is CC.COc1ccccc1.Cc1ccc(NC(=O)[C@H](Cc2cccc(F)c2)N2C(=O)CNC2=O)c(F)c1.[HH].[HH]. The minimum Gasteiger partial charge on any atom is -0.497 e. The molecule has 1 aliphatic rings. The van der Waals surface area contributed by atoms with Crippen molar-refractivity contribution in [3.05, 3.63) is 95.6 Å². The van der Waals surface area contributed by atoms with Crippen LogP contribution in [0.2, 0.25) is 0 Å². The Balaban J connectivity index is 0.00000103. The number of hydrogen-bond acceptors (Lipinski definition) is 4. The topological polar surface area (TPSA) is 87.7 Å². The summed E-state index contributed by atoms with van der Waals surface area (Å²) >= 11 is 0. The number of carbonyl (C=O) groups is 3. The summed E-state index contributed by atoms with van der Waals surface area (Å²) in [6, 6.07) is 17.5. The molecule has 0 bridgehead atoms. The minimum absolute atomic E-state index is 0. The monoisotopic (exact) mass is 515 g/mol. The summed E-state index contributed by atoms with van der Waals surface area (Å²) < 4.78 is 32.5. The zero-order valence-electron chi connectivity index (χ0n) is 21.3. The van der Waals surface area contributed by atoms with E-state index in [0.29, 0.717) is 11.1 Å². The maximum absolute atomic E-state index is 14.1. The predicted octanol–water partition coefficient (Wildman–Crippen LogP) is 5.59.